The van der Waals surface area contributed by atoms with E-state index >= 15 is 0 Å². The van der Waals surface area contributed by atoms with Crippen molar-refractivity contribution < 1.29 is 4.74 Å². The van der Waals surface area contributed by atoms with Crippen LogP contribution in [-0.4, -0.2) is 25.1 Å². The number of allylic oxidation sites excluding steroid dienone is 2. The molecule has 1 aromatic rings. The SMILES string of the molecule is COc1ccc(CC2C(C)=C(C)C=CN2C)cc1. The number of methoxy groups -OCH3 is 1. The third kappa shape index (κ3) is 2.58. The van der Waals surface area contributed by atoms with Crippen LogP contribution in [0.2, 0.25) is 0 Å². The molecule has 2 nitrogen and oxygen atoms in total. The topological polar surface area (TPSA) is 12.5 Å². The number of rotatable bonds is 3. The third-order valence-corrected chi connectivity index (χ3v) is 3.76. The van der Waals surface area contributed by atoms with Gasteiger partial charge in [-0.05, 0) is 61.4 Å². The van der Waals surface area contributed by atoms with Gasteiger partial charge >= 0.3 is 0 Å². The summed E-state index contributed by atoms with van der Waals surface area (Å²) in [5.74, 6) is 0.916. The molecule has 0 bridgehead atoms. The van der Waals surface area contributed by atoms with Gasteiger partial charge in [0.2, 0.25) is 0 Å². The van der Waals surface area contributed by atoms with Gasteiger partial charge in [0.15, 0.2) is 0 Å². The first-order valence-corrected chi connectivity index (χ1v) is 6.32. The van der Waals surface area contributed by atoms with E-state index in [0.717, 1.165) is 12.2 Å². The van der Waals surface area contributed by atoms with Crippen molar-refractivity contribution in [3.05, 3.63) is 53.3 Å². The van der Waals surface area contributed by atoms with Crippen molar-refractivity contribution >= 4 is 0 Å². The molecule has 0 spiro atoms. The second-order valence-electron chi connectivity index (χ2n) is 4.92. The Morgan fingerprint density at radius 3 is 2.44 bits per heavy atom. The van der Waals surface area contributed by atoms with Gasteiger partial charge in [-0.3, -0.25) is 0 Å². The van der Waals surface area contributed by atoms with E-state index in [4.69, 9.17) is 4.74 Å². The molecule has 0 saturated heterocycles. The summed E-state index contributed by atoms with van der Waals surface area (Å²) in [6.07, 6.45) is 5.38. The highest BCUT2D eigenvalue weighted by molar-refractivity contribution is 5.34. The third-order valence-electron chi connectivity index (χ3n) is 3.76. The van der Waals surface area contributed by atoms with Crippen LogP contribution in [-0.2, 0) is 6.42 Å². The van der Waals surface area contributed by atoms with Crippen molar-refractivity contribution in [2.24, 2.45) is 0 Å². The van der Waals surface area contributed by atoms with Gasteiger partial charge in [0, 0.05) is 7.05 Å². The molecule has 0 radical (unpaired) electrons. The Labute approximate surface area is 110 Å². The molecule has 0 amide bonds. The summed E-state index contributed by atoms with van der Waals surface area (Å²) in [6.45, 7) is 4.41. The van der Waals surface area contributed by atoms with Gasteiger partial charge in [-0.1, -0.05) is 12.1 Å². The summed E-state index contributed by atoms with van der Waals surface area (Å²) in [5.41, 5.74) is 4.18. The molecule has 0 aliphatic carbocycles. The van der Waals surface area contributed by atoms with E-state index in [0.29, 0.717) is 6.04 Å². The number of hydrogen-bond acceptors (Lipinski definition) is 2. The summed E-state index contributed by atoms with van der Waals surface area (Å²) in [5, 5.41) is 0. The molecule has 1 aliphatic rings. The predicted octanol–water partition coefficient (Wildman–Crippen LogP) is 3.40. The molecule has 0 N–H and O–H groups in total. The summed E-state index contributed by atoms with van der Waals surface area (Å²) < 4.78 is 5.19. The first-order chi connectivity index (χ1) is 8.61. The van der Waals surface area contributed by atoms with E-state index in [9.17, 15) is 0 Å². The first kappa shape index (κ1) is 12.7. The second kappa shape index (κ2) is 5.30. The maximum Gasteiger partial charge on any atom is 0.118 e. The van der Waals surface area contributed by atoms with Crippen LogP contribution in [0.5, 0.6) is 5.75 Å². The van der Waals surface area contributed by atoms with Gasteiger partial charge in [0.1, 0.15) is 5.75 Å². The lowest BCUT2D eigenvalue weighted by atomic mass is 9.93. The van der Waals surface area contributed by atoms with Crippen LogP contribution in [0.3, 0.4) is 0 Å². The molecule has 2 heteroatoms. The van der Waals surface area contributed by atoms with Gasteiger partial charge in [0.25, 0.3) is 0 Å². The fraction of sp³-hybridized carbons (Fsp3) is 0.375. The minimum atomic E-state index is 0.461. The standard InChI is InChI=1S/C16H21NO/c1-12-9-10-17(3)16(13(12)2)11-14-5-7-15(18-4)8-6-14/h5-10,16H,11H2,1-4H3. The quantitative estimate of drug-likeness (QED) is 0.806. The molecule has 0 saturated carbocycles. The molecule has 96 valence electrons. The number of ether oxygens (including phenoxy) is 1. The Hall–Kier alpha value is -1.70. The molecule has 1 aromatic carbocycles. The normalized spacial score (nSPS) is 19.3. The minimum Gasteiger partial charge on any atom is -0.497 e. The van der Waals surface area contributed by atoms with Crippen molar-refractivity contribution in [2.45, 2.75) is 26.3 Å². The first-order valence-electron chi connectivity index (χ1n) is 6.32. The average molecular weight is 243 g/mol. The zero-order valence-electron chi connectivity index (χ0n) is 11.6. The summed E-state index contributed by atoms with van der Waals surface area (Å²) in [7, 11) is 3.84. The van der Waals surface area contributed by atoms with Gasteiger partial charge in [0.05, 0.1) is 13.2 Å². The van der Waals surface area contributed by atoms with Crippen LogP contribution in [0, 0.1) is 0 Å². The van der Waals surface area contributed by atoms with Gasteiger partial charge in [-0.2, -0.15) is 0 Å². The second-order valence-corrected chi connectivity index (χ2v) is 4.92. The Morgan fingerprint density at radius 1 is 1.17 bits per heavy atom. The Balaban J connectivity index is 2.15. The van der Waals surface area contributed by atoms with E-state index in [1.807, 2.05) is 12.1 Å². The zero-order chi connectivity index (χ0) is 13.1. The molecule has 18 heavy (non-hydrogen) atoms. The van der Waals surface area contributed by atoms with E-state index in [1.54, 1.807) is 7.11 Å². The smallest absolute Gasteiger partial charge is 0.118 e. The van der Waals surface area contributed by atoms with Crippen LogP contribution >= 0.6 is 0 Å². The number of likely N-dealkylation sites (N-methyl/N-ethyl adjacent to an activating group) is 1. The maximum atomic E-state index is 5.19. The van der Waals surface area contributed by atoms with Crippen molar-refractivity contribution in [1.82, 2.24) is 4.90 Å². The lowest BCUT2D eigenvalue weighted by Gasteiger charge is -2.32. The van der Waals surface area contributed by atoms with Gasteiger partial charge < -0.3 is 9.64 Å². The van der Waals surface area contributed by atoms with Crippen molar-refractivity contribution in [1.29, 1.82) is 0 Å². The van der Waals surface area contributed by atoms with Crippen molar-refractivity contribution in [3.8, 4) is 5.75 Å². The highest BCUT2D eigenvalue weighted by Gasteiger charge is 2.19. The van der Waals surface area contributed by atoms with Crippen LogP contribution in [0.4, 0.5) is 0 Å². The molecular formula is C16H21NO. The lowest BCUT2D eigenvalue weighted by molar-refractivity contribution is 0.359. The highest BCUT2D eigenvalue weighted by atomic mass is 16.5. The van der Waals surface area contributed by atoms with Crippen LogP contribution in [0.1, 0.15) is 19.4 Å². The number of nitrogens with zero attached hydrogens (tertiary/aromatic N) is 1. The Bertz CT molecular complexity index is 470. The molecule has 1 atom stereocenters. The maximum absolute atomic E-state index is 5.19. The molecule has 2 rings (SSSR count). The van der Waals surface area contributed by atoms with Gasteiger partial charge in [-0.15, -0.1) is 0 Å². The van der Waals surface area contributed by atoms with E-state index in [2.05, 4.69) is 50.2 Å². The zero-order valence-corrected chi connectivity index (χ0v) is 11.6. The van der Waals surface area contributed by atoms with Gasteiger partial charge in [-0.25, -0.2) is 0 Å². The summed E-state index contributed by atoms with van der Waals surface area (Å²) >= 11 is 0. The monoisotopic (exact) mass is 243 g/mol. The summed E-state index contributed by atoms with van der Waals surface area (Å²) in [6, 6.07) is 8.81. The van der Waals surface area contributed by atoms with E-state index < -0.39 is 0 Å². The molecule has 0 aromatic heterocycles. The predicted molar refractivity (Wildman–Crippen MR) is 75.8 cm³/mol. The fourth-order valence-electron chi connectivity index (χ4n) is 2.31. The number of hydrogen-bond donors (Lipinski definition) is 0. The average Bonchev–Trinajstić information content (AvgIpc) is 2.40. The molecular weight excluding hydrogens is 222 g/mol. The van der Waals surface area contributed by atoms with E-state index in [-0.39, 0.29) is 0 Å². The van der Waals surface area contributed by atoms with Crippen LogP contribution in [0.15, 0.2) is 47.7 Å². The molecule has 1 aliphatic heterocycles. The molecule has 0 fully saturated rings. The Morgan fingerprint density at radius 2 is 1.83 bits per heavy atom. The van der Waals surface area contributed by atoms with Crippen LogP contribution in [0.25, 0.3) is 0 Å². The minimum absolute atomic E-state index is 0.461. The molecule has 1 heterocycles. The van der Waals surface area contributed by atoms with Crippen molar-refractivity contribution in [2.75, 3.05) is 14.2 Å². The van der Waals surface area contributed by atoms with Crippen LogP contribution < -0.4 is 4.74 Å². The fourth-order valence-corrected chi connectivity index (χ4v) is 2.31. The highest BCUT2D eigenvalue weighted by Crippen LogP contribution is 2.24. The van der Waals surface area contributed by atoms with Crippen molar-refractivity contribution in [3.63, 3.8) is 0 Å². The molecule has 1 unspecified atom stereocenters. The largest absolute Gasteiger partial charge is 0.497 e. The summed E-state index contributed by atoms with van der Waals surface area (Å²) in [4.78, 5) is 2.28. The van der Waals surface area contributed by atoms with E-state index in [1.165, 1.54) is 16.7 Å². The Kier molecular flexibility index (Phi) is 3.75. The lowest BCUT2D eigenvalue weighted by Crippen LogP contribution is -2.32. The number of benzene rings is 1.